The van der Waals surface area contributed by atoms with E-state index in [1.807, 2.05) is 0 Å². The number of hydrogen-bond donors (Lipinski definition) is 1. The smallest absolute Gasteiger partial charge is 0.0474 e. The highest BCUT2D eigenvalue weighted by molar-refractivity contribution is 4.83. The van der Waals surface area contributed by atoms with E-state index >= 15 is 0 Å². The largest absolute Gasteiger partial charge is 0.385 e. The van der Waals surface area contributed by atoms with E-state index in [9.17, 15) is 0 Å². The molecule has 0 saturated heterocycles. The molecule has 3 heteroatoms. The van der Waals surface area contributed by atoms with Gasteiger partial charge in [0.15, 0.2) is 0 Å². The number of ether oxygens (including phenoxy) is 1. The summed E-state index contributed by atoms with van der Waals surface area (Å²) < 4.78 is 5.12. The molecule has 0 aliphatic heterocycles. The van der Waals surface area contributed by atoms with Crippen molar-refractivity contribution in [3.63, 3.8) is 0 Å². The zero-order valence-corrected chi connectivity index (χ0v) is 14.3. The van der Waals surface area contributed by atoms with Crippen LogP contribution >= 0.6 is 0 Å². The highest BCUT2D eigenvalue weighted by Crippen LogP contribution is 2.24. The van der Waals surface area contributed by atoms with Crippen LogP contribution < -0.4 is 5.32 Å². The lowest BCUT2D eigenvalue weighted by atomic mass is 9.84. The molecule has 0 aliphatic carbocycles. The molecule has 19 heavy (non-hydrogen) atoms. The molecule has 0 aromatic rings. The molecule has 0 bridgehead atoms. The number of nitrogens with zero attached hydrogens (tertiary/aromatic N) is 1. The lowest BCUT2D eigenvalue weighted by Gasteiger charge is -2.36. The normalized spacial score (nSPS) is 15.8. The van der Waals surface area contributed by atoms with Crippen molar-refractivity contribution in [2.75, 3.05) is 40.4 Å². The van der Waals surface area contributed by atoms with Crippen LogP contribution in [-0.4, -0.2) is 50.8 Å². The molecule has 0 radical (unpaired) electrons. The summed E-state index contributed by atoms with van der Waals surface area (Å²) in [4.78, 5) is 2.44. The summed E-state index contributed by atoms with van der Waals surface area (Å²) in [6.07, 6.45) is 3.63. The minimum atomic E-state index is 0.198. The molecule has 0 aromatic carbocycles. The van der Waals surface area contributed by atoms with Crippen LogP contribution in [0.1, 0.15) is 53.9 Å². The first-order valence-electron chi connectivity index (χ1n) is 7.65. The van der Waals surface area contributed by atoms with Gasteiger partial charge in [-0.3, -0.25) is 0 Å². The highest BCUT2D eigenvalue weighted by atomic mass is 16.5. The van der Waals surface area contributed by atoms with Gasteiger partial charge in [-0.05, 0) is 46.1 Å². The van der Waals surface area contributed by atoms with Crippen molar-refractivity contribution in [3.8, 4) is 0 Å². The third kappa shape index (κ3) is 10.3. The standard InChI is InChI=1S/C16H36N2O/c1-8-10-16(5,13-17-15(2,3)4)14-18(6)11-9-12-19-7/h17H,8-14H2,1-7H3. The average molecular weight is 272 g/mol. The molecular formula is C16H36N2O. The Morgan fingerprint density at radius 2 is 1.79 bits per heavy atom. The van der Waals surface area contributed by atoms with Crippen LogP contribution in [0.2, 0.25) is 0 Å². The van der Waals surface area contributed by atoms with Gasteiger partial charge in [0.25, 0.3) is 0 Å². The van der Waals surface area contributed by atoms with Gasteiger partial charge in [0, 0.05) is 38.9 Å². The predicted molar refractivity (Wildman–Crippen MR) is 84.8 cm³/mol. The number of hydrogen-bond acceptors (Lipinski definition) is 3. The Hall–Kier alpha value is -0.120. The topological polar surface area (TPSA) is 24.5 Å². The van der Waals surface area contributed by atoms with Gasteiger partial charge in [0.1, 0.15) is 0 Å². The summed E-state index contributed by atoms with van der Waals surface area (Å²) in [5.41, 5.74) is 0.549. The fourth-order valence-corrected chi connectivity index (χ4v) is 2.51. The third-order valence-electron chi connectivity index (χ3n) is 3.44. The summed E-state index contributed by atoms with van der Waals surface area (Å²) in [5, 5.41) is 3.67. The third-order valence-corrected chi connectivity index (χ3v) is 3.44. The Balaban J connectivity index is 4.27. The van der Waals surface area contributed by atoms with E-state index in [4.69, 9.17) is 4.74 Å². The minimum Gasteiger partial charge on any atom is -0.385 e. The van der Waals surface area contributed by atoms with Crippen molar-refractivity contribution in [1.29, 1.82) is 0 Å². The fraction of sp³-hybridized carbons (Fsp3) is 1.00. The molecule has 0 heterocycles. The number of nitrogens with one attached hydrogen (secondary N) is 1. The van der Waals surface area contributed by atoms with Gasteiger partial charge in [-0.2, -0.15) is 0 Å². The first-order valence-corrected chi connectivity index (χ1v) is 7.65. The van der Waals surface area contributed by atoms with Gasteiger partial charge in [0.2, 0.25) is 0 Å². The Labute approximate surface area is 121 Å². The average Bonchev–Trinajstić information content (AvgIpc) is 2.26. The van der Waals surface area contributed by atoms with Gasteiger partial charge in [-0.15, -0.1) is 0 Å². The quantitative estimate of drug-likeness (QED) is 0.618. The first-order chi connectivity index (χ1) is 8.72. The van der Waals surface area contributed by atoms with Crippen LogP contribution in [0, 0.1) is 5.41 Å². The van der Waals surface area contributed by atoms with Crippen molar-refractivity contribution in [3.05, 3.63) is 0 Å². The Morgan fingerprint density at radius 1 is 1.16 bits per heavy atom. The second-order valence-corrected chi connectivity index (χ2v) is 7.25. The predicted octanol–water partition coefficient (Wildman–Crippen LogP) is 3.15. The van der Waals surface area contributed by atoms with E-state index in [-0.39, 0.29) is 5.54 Å². The Morgan fingerprint density at radius 3 is 2.26 bits per heavy atom. The van der Waals surface area contributed by atoms with Crippen molar-refractivity contribution < 1.29 is 4.74 Å². The second-order valence-electron chi connectivity index (χ2n) is 7.25. The Bertz CT molecular complexity index is 225. The summed E-state index contributed by atoms with van der Waals surface area (Å²) in [5.74, 6) is 0. The van der Waals surface area contributed by atoms with E-state index in [1.54, 1.807) is 7.11 Å². The van der Waals surface area contributed by atoms with Crippen LogP contribution in [0.4, 0.5) is 0 Å². The van der Waals surface area contributed by atoms with E-state index < -0.39 is 0 Å². The zero-order chi connectivity index (χ0) is 14.9. The monoisotopic (exact) mass is 272 g/mol. The molecule has 1 unspecified atom stereocenters. The first kappa shape index (κ1) is 18.9. The molecule has 1 N–H and O–H groups in total. The van der Waals surface area contributed by atoms with Crippen LogP contribution in [0.15, 0.2) is 0 Å². The summed E-state index contributed by atoms with van der Waals surface area (Å²) in [6, 6.07) is 0. The Kier molecular flexibility index (Phi) is 8.88. The molecule has 0 spiro atoms. The van der Waals surface area contributed by atoms with Crippen LogP contribution in [0.3, 0.4) is 0 Å². The number of methoxy groups -OCH3 is 1. The van der Waals surface area contributed by atoms with Gasteiger partial charge < -0.3 is 15.0 Å². The second kappa shape index (κ2) is 8.93. The molecular weight excluding hydrogens is 236 g/mol. The lowest BCUT2D eigenvalue weighted by Crippen LogP contribution is -2.47. The van der Waals surface area contributed by atoms with Crippen molar-refractivity contribution in [2.45, 2.75) is 59.4 Å². The number of rotatable bonds is 10. The molecule has 0 aromatic heterocycles. The van der Waals surface area contributed by atoms with Crippen molar-refractivity contribution in [1.82, 2.24) is 10.2 Å². The van der Waals surface area contributed by atoms with Gasteiger partial charge >= 0.3 is 0 Å². The van der Waals surface area contributed by atoms with Crippen LogP contribution in [0.25, 0.3) is 0 Å². The van der Waals surface area contributed by atoms with E-state index in [0.717, 1.165) is 32.7 Å². The highest BCUT2D eigenvalue weighted by Gasteiger charge is 2.26. The molecule has 0 rings (SSSR count). The fourth-order valence-electron chi connectivity index (χ4n) is 2.51. The maximum Gasteiger partial charge on any atom is 0.0474 e. The summed E-state index contributed by atoms with van der Waals surface area (Å²) in [7, 11) is 4.00. The molecule has 0 amide bonds. The van der Waals surface area contributed by atoms with Gasteiger partial charge in [0.05, 0.1) is 0 Å². The SMILES string of the molecule is CCCC(C)(CNC(C)(C)C)CN(C)CCCOC. The lowest BCUT2D eigenvalue weighted by molar-refractivity contribution is 0.140. The van der Waals surface area contributed by atoms with E-state index in [1.165, 1.54) is 12.8 Å². The van der Waals surface area contributed by atoms with Crippen LogP contribution in [-0.2, 0) is 4.74 Å². The summed E-state index contributed by atoms with van der Waals surface area (Å²) >= 11 is 0. The maximum absolute atomic E-state index is 5.12. The molecule has 0 saturated carbocycles. The van der Waals surface area contributed by atoms with Gasteiger partial charge in [-0.25, -0.2) is 0 Å². The van der Waals surface area contributed by atoms with Crippen molar-refractivity contribution >= 4 is 0 Å². The maximum atomic E-state index is 5.12. The molecule has 116 valence electrons. The molecule has 1 atom stereocenters. The van der Waals surface area contributed by atoms with Crippen molar-refractivity contribution in [2.24, 2.45) is 5.41 Å². The van der Waals surface area contributed by atoms with E-state index in [2.05, 4.69) is 51.9 Å². The zero-order valence-electron chi connectivity index (χ0n) is 14.3. The molecule has 0 aliphatic rings. The summed E-state index contributed by atoms with van der Waals surface area (Å²) in [6.45, 7) is 15.6. The molecule has 3 nitrogen and oxygen atoms in total. The van der Waals surface area contributed by atoms with Crippen LogP contribution in [0.5, 0.6) is 0 Å². The minimum absolute atomic E-state index is 0.198. The molecule has 0 fully saturated rings. The van der Waals surface area contributed by atoms with E-state index in [0.29, 0.717) is 5.41 Å². The van der Waals surface area contributed by atoms with Gasteiger partial charge in [-0.1, -0.05) is 20.3 Å².